The number of Topliss-reactive ketones (excluding diaryl/α,β-unsaturated/α-hetero) is 1. The number of ketones is 1. The maximum Gasteiger partial charge on any atom is 0.209 e. The molecule has 20 heavy (non-hydrogen) atoms. The van der Waals surface area contributed by atoms with Gasteiger partial charge in [-0.05, 0) is 29.0 Å². The summed E-state index contributed by atoms with van der Waals surface area (Å²) in [5.41, 5.74) is 0.631. The van der Waals surface area contributed by atoms with E-state index in [4.69, 9.17) is 4.74 Å². The lowest BCUT2D eigenvalue weighted by atomic mass is 10.1. The number of methoxy groups -OCH3 is 1. The van der Waals surface area contributed by atoms with Gasteiger partial charge in [0.15, 0.2) is 5.78 Å². The average Bonchev–Trinajstić information content (AvgIpc) is 2.92. The number of nitrogens with zero attached hydrogens (tertiary/aromatic N) is 4. The van der Waals surface area contributed by atoms with Gasteiger partial charge >= 0.3 is 0 Å². The highest BCUT2D eigenvalue weighted by molar-refractivity contribution is 7.99. The summed E-state index contributed by atoms with van der Waals surface area (Å²) in [6, 6.07) is 7.13. The molecule has 0 atom stereocenters. The van der Waals surface area contributed by atoms with E-state index in [0.29, 0.717) is 22.2 Å². The van der Waals surface area contributed by atoms with Gasteiger partial charge in [0, 0.05) is 12.1 Å². The van der Waals surface area contributed by atoms with Crippen LogP contribution in [0.2, 0.25) is 0 Å². The van der Waals surface area contributed by atoms with E-state index in [9.17, 15) is 4.79 Å². The Balaban J connectivity index is 1.99. The van der Waals surface area contributed by atoms with E-state index in [1.165, 1.54) is 11.8 Å². The van der Waals surface area contributed by atoms with Crippen molar-refractivity contribution in [2.75, 3.05) is 12.9 Å². The molecule has 2 rings (SSSR count). The summed E-state index contributed by atoms with van der Waals surface area (Å²) in [5.74, 6) is 1.01. The third kappa shape index (κ3) is 3.57. The molecule has 0 saturated heterocycles. The molecule has 0 unspecified atom stereocenters. The summed E-state index contributed by atoms with van der Waals surface area (Å²) >= 11 is 1.35. The molecule has 0 aliphatic carbocycles. The third-order valence-corrected chi connectivity index (χ3v) is 3.62. The second-order valence-electron chi connectivity index (χ2n) is 4.13. The van der Waals surface area contributed by atoms with E-state index >= 15 is 0 Å². The largest absolute Gasteiger partial charge is 0.497 e. The van der Waals surface area contributed by atoms with E-state index in [1.54, 1.807) is 30.0 Å². The molecule has 0 aliphatic heterocycles. The second kappa shape index (κ2) is 7.04. The quantitative estimate of drug-likeness (QED) is 0.575. The van der Waals surface area contributed by atoms with Crippen molar-refractivity contribution in [3.05, 3.63) is 29.8 Å². The van der Waals surface area contributed by atoms with Crippen molar-refractivity contribution in [2.24, 2.45) is 0 Å². The first-order valence-electron chi connectivity index (χ1n) is 6.30. The Labute approximate surface area is 121 Å². The minimum Gasteiger partial charge on any atom is -0.497 e. The minimum atomic E-state index is 0.0277. The standard InChI is InChI=1S/C13H16N4O2S/c1-3-7-17-13(14-15-16-17)20-9-12(18)10-5-4-6-11(8-10)19-2/h4-6,8H,3,7,9H2,1-2H3. The molecule has 0 spiro atoms. The summed E-state index contributed by atoms with van der Waals surface area (Å²) in [5, 5.41) is 12.1. The zero-order valence-electron chi connectivity index (χ0n) is 11.4. The van der Waals surface area contributed by atoms with Crippen molar-refractivity contribution in [3.63, 3.8) is 0 Å². The number of hydrogen-bond donors (Lipinski definition) is 0. The first-order chi connectivity index (χ1) is 9.74. The zero-order valence-corrected chi connectivity index (χ0v) is 12.3. The number of thioether (sulfide) groups is 1. The van der Waals surface area contributed by atoms with Crippen LogP contribution >= 0.6 is 11.8 Å². The number of rotatable bonds is 7. The molecule has 0 bridgehead atoms. The van der Waals surface area contributed by atoms with Crippen molar-refractivity contribution >= 4 is 17.5 Å². The number of aryl methyl sites for hydroxylation is 1. The fourth-order valence-corrected chi connectivity index (χ4v) is 2.46. The van der Waals surface area contributed by atoms with E-state index in [-0.39, 0.29) is 5.78 Å². The van der Waals surface area contributed by atoms with Crippen LogP contribution in [-0.2, 0) is 6.54 Å². The summed E-state index contributed by atoms with van der Waals surface area (Å²) in [4.78, 5) is 12.1. The highest BCUT2D eigenvalue weighted by Gasteiger charge is 2.11. The van der Waals surface area contributed by atoms with Crippen LogP contribution in [0.15, 0.2) is 29.4 Å². The van der Waals surface area contributed by atoms with Crippen LogP contribution < -0.4 is 4.74 Å². The van der Waals surface area contributed by atoms with Gasteiger partial charge in [-0.1, -0.05) is 30.8 Å². The van der Waals surface area contributed by atoms with Gasteiger partial charge in [0.2, 0.25) is 5.16 Å². The van der Waals surface area contributed by atoms with Gasteiger partial charge < -0.3 is 4.74 Å². The van der Waals surface area contributed by atoms with Crippen LogP contribution in [0.25, 0.3) is 0 Å². The number of hydrogen-bond acceptors (Lipinski definition) is 6. The van der Waals surface area contributed by atoms with Crippen LogP contribution in [0.4, 0.5) is 0 Å². The maximum atomic E-state index is 12.1. The predicted molar refractivity (Wildman–Crippen MR) is 76.2 cm³/mol. The molecule has 0 aliphatic rings. The van der Waals surface area contributed by atoms with Gasteiger partial charge in [0.1, 0.15) is 5.75 Å². The summed E-state index contributed by atoms with van der Waals surface area (Å²) in [6.07, 6.45) is 0.947. The van der Waals surface area contributed by atoms with Gasteiger partial charge in [0.05, 0.1) is 12.9 Å². The number of ether oxygens (including phenoxy) is 1. The third-order valence-electron chi connectivity index (χ3n) is 2.66. The second-order valence-corrected chi connectivity index (χ2v) is 5.07. The average molecular weight is 292 g/mol. The molecule has 6 nitrogen and oxygen atoms in total. The van der Waals surface area contributed by atoms with Gasteiger partial charge in [-0.3, -0.25) is 4.79 Å². The first kappa shape index (κ1) is 14.5. The van der Waals surface area contributed by atoms with E-state index in [2.05, 4.69) is 22.4 Å². The predicted octanol–water partition coefficient (Wildman–Crippen LogP) is 2.07. The normalized spacial score (nSPS) is 10.5. The topological polar surface area (TPSA) is 69.9 Å². The number of tetrazole rings is 1. The van der Waals surface area contributed by atoms with Gasteiger partial charge in [-0.25, -0.2) is 4.68 Å². The molecular weight excluding hydrogens is 276 g/mol. The Kier molecular flexibility index (Phi) is 5.11. The van der Waals surface area contributed by atoms with Crippen molar-refractivity contribution < 1.29 is 9.53 Å². The summed E-state index contributed by atoms with van der Waals surface area (Å²) < 4.78 is 6.82. The SMILES string of the molecule is CCCn1nnnc1SCC(=O)c1cccc(OC)c1. The van der Waals surface area contributed by atoms with Crippen LogP contribution in [0, 0.1) is 0 Å². The molecule has 0 saturated carbocycles. The van der Waals surface area contributed by atoms with Crippen molar-refractivity contribution in [2.45, 2.75) is 25.0 Å². The Morgan fingerprint density at radius 3 is 3.05 bits per heavy atom. The Bertz CT molecular complexity index is 585. The lowest BCUT2D eigenvalue weighted by Crippen LogP contribution is -2.06. The fraction of sp³-hybridized carbons (Fsp3) is 0.385. The molecule has 0 radical (unpaired) electrons. The van der Waals surface area contributed by atoms with Crippen LogP contribution in [0.1, 0.15) is 23.7 Å². The van der Waals surface area contributed by atoms with Gasteiger partial charge in [-0.2, -0.15) is 0 Å². The molecule has 106 valence electrons. The number of benzene rings is 1. The molecular formula is C13H16N4O2S. The Hall–Kier alpha value is -1.89. The monoisotopic (exact) mass is 292 g/mol. The van der Waals surface area contributed by atoms with Gasteiger partial charge in [-0.15, -0.1) is 5.10 Å². The number of carbonyl (C=O) groups excluding carboxylic acids is 1. The highest BCUT2D eigenvalue weighted by Crippen LogP contribution is 2.18. The molecule has 2 aromatic rings. The van der Waals surface area contributed by atoms with E-state index in [1.807, 2.05) is 6.07 Å². The maximum absolute atomic E-state index is 12.1. The van der Waals surface area contributed by atoms with Crippen LogP contribution in [0.5, 0.6) is 5.75 Å². The molecule has 1 aromatic carbocycles. The molecule has 0 N–H and O–H groups in total. The lowest BCUT2D eigenvalue weighted by molar-refractivity contribution is 0.102. The molecule has 0 fully saturated rings. The minimum absolute atomic E-state index is 0.0277. The molecule has 0 amide bonds. The zero-order chi connectivity index (χ0) is 14.4. The summed E-state index contributed by atoms with van der Waals surface area (Å²) in [7, 11) is 1.58. The molecule has 1 aromatic heterocycles. The van der Waals surface area contributed by atoms with Crippen molar-refractivity contribution in [1.29, 1.82) is 0 Å². The lowest BCUT2D eigenvalue weighted by Gasteiger charge is -2.04. The van der Waals surface area contributed by atoms with Gasteiger partial charge in [0.25, 0.3) is 0 Å². The fourth-order valence-electron chi connectivity index (χ4n) is 1.66. The van der Waals surface area contributed by atoms with E-state index < -0.39 is 0 Å². The van der Waals surface area contributed by atoms with E-state index in [0.717, 1.165) is 13.0 Å². The molecule has 1 heterocycles. The smallest absolute Gasteiger partial charge is 0.209 e. The van der Waals surface area contributed by atoms with Crippen LogP contribution in [0.3, 0.4) is 0 Å². The molecule has 7 heteroatoms. The van der Waals surface area contributed by atoms with Crippen molar-refractivity contribution in [1.82, 2.24) is 20.2 Å². The van der Waals surface area contributed by atoms with Crippen LogP contribution in [-0.4, -0.2) is 38.9 Å². The summed E-state index contributed by atoms with van der Waals surface area (Å²) in [6.45, 7) is 2.81. The Morgan fingerprint density at radius 2 is 2.30 bits per heavy atom. The first-order valence-corrected chi connectivity index (χ1v) is 7.29. The number of carbonyl (C=O) groups is 1. The highest BCUT2D eigenvalue weighted by atomic mass is 32.2. The van der Waals surface area contributed by atoms with Crippen molar-refractivity contribution in [3.8, 4) is 5.75 Å². The number of aromatic nitrogens is 4. The Morgan fingerprint density at radius 1 is 1.45 bits per heavy atom.